The third kappa shape index (κ3) is 2.47. The van der Waals surface area contributed by atoms with Crippen LogP contribution in [0.2, 0.25) is 5.02 Å². The second-order valence-corrected chi connectivity index (χ2v) is 7.20. The Balaban J connectivity index is 1.99. The summed E-state index contributed by atoms with van der Waals surface area (Å²) in [5.74, 6) is 1.00. The summed E-state index contributed by atoms with van der Waals surface area (Å²) in [6.07, 6.45) is 0. The number of rotatable bonds is 2. The van der Waals surface area contributed by atoms with Gasteiger partial charge in [-0.15, -0.1) is 0 Å². The molecule has 2 aromatic carbocycles. The predicted molar refractivity (Wildman–Crippen MR) is 87.2 cm³/mol. The van der Waals surface area contributed by atoms with Crippen LogP contribution in [0.25, 0.3) is 0 Å². The lowest BCUT2D eigenvalue weighted by molar-refractivity contribution is 0.291. The summed E-state index contributed by atoms with van der Waals surface area (Å²) in [5.41, 5.74) is 3.74. The van der Waals surface area contributed by atoms with Crippen LogP contribution < -0.4 is 4.74 Å². The van der Waals surface area contributed by atoms with Gasteiger partial charge in [0.05, 0.1) is 11.4 Å². The number of fused-ring (bicyclic) bond motifs is 1. The van der Waals surface area contributed by atoms with Gasteiger partial charge in [-0.2, -0.15) is 0 Å². The summed E-state index contributed by atoms with van der Waals surface area (Å²) in [6, 6.07) is 14.4. The minimum absolute atomic E-state index is 0.0758. The van der Waals surface area contributed by atoms with Crippen molar-refractivity contribution in [2.24, 2.45) is 0 Å². The van der Waals surface area contributed by atoms with E-state index < -0.39 is 0 Å². The highest BCUT2D eigenvalue weighted by Gasteiger charge is 2.32. The van der Waals surface area contributed by atoms with Gasteiger partial charge in [0.2, 0.25) is 0 Å². The van der Waals surface area contributed by atoms with E-state index in [1.54, 1.807) is 0 Å². The molecular weight excluding hydrogens is 336 g/mol. The average Bonchev–Trinajstić information content (AvgIpc) is 2.73. The Hall–Kier alpha value is -0.990. The minimum atomic E-state index is 0.0758. The standard InChI is InChI=1S/C17H16BrClO/c1-17(2)10-20-15-7-6-12(9-14(15)17)16(18)11-4-3-5-13(19)8-11/h3-9,16H,10H2,1-2H3. The fraction of sp³-hybridized carbons (Fsp3) is 0.294. The molecule has 1 heterocycles. The SMILES string of the molecule is CC1(C)COc2ccc(C(Br)c3cccc(Cl)c3)cc21. The monoisotopic (exact) mass is 350 g/mol. The molecule has 0 bridgehead atoms. The Morgan fingerprint density at radius 2 is 1.90 bits per heavy atom. The Morgan fingerprint density at radius 3 is 2.65 bits per heavy atom. The van der Waals surface area contributed by atoms with Gasteiger partial charge in [-0.3, -0.25) is 0 Å². The lowest BCUT2D eigenvalue weighted by Crippen LogP contribution is -2.18. The van der Waals surface area contributed by atoms with Crippen molar-refractivity contribution in [2.45, 2.75) is 24.1 Å². The molecule has 0 fully saturated rings. The van der Waals surface area contributed by atoms with E-state index in [-0.39, 0.29) is 10.2 Å². The van der Waals surface area contributed by atoms with Crippen molar-refractivity contribution in [3.05, 3.63) is 64.2 Å². The minimum Gasteiger partial charge on any atom is -0.492 e. The largest absolute Gasteiger partial charge is 0.492 e. The van der Waals surface area contributed by atoms with E-state index in [1.165, 1.54) is 11.1 Å². The van der Waals surface area contributed by atoms with Crippen LogP contribution in [0.1, 0.15) is 35.4 Å². The Morgan fingerprint density at radius 1 is 1.15 bits per heavy atom. The highest BCUT2D eigenvalue weighted by Crippen LogP contribution is 2.42. The first kappa shape index (κ1) is 14.0. The molecule has 1 nitrogen and oxygen atoms in total. The van der Waals surface area contributed by atoms with Crippen molar-refractivity contribution in [3.8, 4) is 5.75 Å². The zero-order chi connectivity index (χ0) is 14.3. The van der Waals surface area contributed by atoms with Crippen LogP contribution in [0.5, 0.6) is 5.75 Å². The van der Waals surface area contributed by atoms with Crippen molar-refractivity contribution >= 4 is 27.5 Å². The van der Waals surface area contributed by atoms with Gasteiger partial charge in [0, 0.05) is 16.0 Å². The third-order valence-electron chi connectivity index (χ3n) is 3.76. The Kier molecular flexibility index (Phi) is 3.55. The van der Waals surface area contributed by atoms with E-state index in [2.05, 4.69) is 54.0 Å². The van der Waals surface area contributed by atoms with Crippen molar-refractivity contribution in [1.82, 2.24) is 0 Å². The van der Waals surface area contributed by atoms with Crippen LogP contribution >= 0.6 is 27.5 Å². The second kappa shape index (κ2) is 5.09. The first-order chi connectivity index (χ1) is 9.47. The molecule has 20 heavy (non-hydrogen) atoms. The molecule has 0 radical (unpaired) electrons. The summed E-state index contributed by atoms with van der Waals surface area (Å²) in [5, 5.41) is 0.761. The lowest BCUT2D eigenvalue weighted by atomic mass is 9.85. The summed E-state index contributed by atoms with van der Waals surface area (Å²) < 4.78 is 5.74. The van der Waals surface area contributed by atoms with E-state index >= 15 is 0 Å². The molecule has 0 aromatic heterocycles. The highest BCUT2D eigenvalue weighted by molar-refractivity contribution is 9.09. The molecule has 0 saturated carbocycles. The van der Waals surface area contributed by atoms with E-state index in [9.17, 15) is 0 Å². The number of benzene rings is 2. The fourth-order valence-corrected chi connectivity index (χ4v) is 3.32. The normalized spacial score (nSPS) is 17.4. The summed E-state index contributed by atoms with van der Waals surface area (Å²) in [7, 11) is 0. The summed E-state index contributed by atoms with van der Waals surface area (Å²) >= 11 is 9.85. The Labute approximate surface area is 133 Å². The van der Waals surface area contributed by atoms with Crippen molar-refractivity contribution in [1.29, 1.82) is 0 Å². The molecular formula is C17H16BrClO. The van der Waals surface area contributed by atoms with E-state index in [0.717, 1.165) is 22.9 Å². The zero-order valence-corrected chi connectivity index (χ0v) is 13.8. The number of hydrogen-bond donors (Lipinski definition) is 0. The van der Waals surface area contributed by atoms with Crippen LogP contribution in [-0.2, 0) is 5.41 Å². The number of halogens is 2. The van der Waals surface area contributed by atoms with E-state index in [1.807, 2.05) is 18.2 Å². The third-order valence-corrected chi connectivity index (χ3v) is 5.05. The van der Waals surface area contributed by atoms with Gasteiger partial charge in [-0.25, -0.2) is 0 Å². The summed E-state index contributed by atoms with van der Waals surface area (Å²) in [4.78, 5) is 0.142. The van der Waals surface area contributed by atoms with Crippen LogP contribution in [0.4, 0.5) is 0 Å². The van der Waals surface area contributed by atoms with Crippen molar-refractivity contribution < 1.29 is 4.74 Å². The number of alkyl halides is 1. The highest BCUT2D eigenvalue weighted by atomic mass is 79.9. The van der Waals surface area contributed by atoms with Gasteiger partial charge in [0.1, 0.15) is 5.75 Å². The zero-order valence-electron chi connectivity index (χ0n) is 11.5. The van der Waals surface area contributed by atoms with Crippen LogP contribution in [0, 0.1) is 0 Å². The van der Waals surface area contributed by atoms with Gasteiger partial charge in [0.15, 0.2) is 0 Å². The molecule has 0 amide bonds. The quantitative estimate of drug-likeness (QED) is 0.650. The molecule has 0 aliphatic carbocycles. The van der Waals surface area contributed by atoms with Gasteiger partial charge in [-0.1, -0.05) is 59.6 Å². The molecule has 1 aliphatic rings. The first-order valence-electron chi connectivity index (χ1n) is 6.64. The Bertz CT molecular complexity index is 651. The van der Waals surface area contributed by atoms with E-state index in [4.69, 9.17) is 16.3 Å². The number of ether oxygens (including phenoxy) is 1. The van der Waals surface area contributed by atoms with Crippen molar-refractivity contribution in [2.75, 3.05) is 6.61 Å². The maximum atomic E-state index is 6.07. The fourth-order valence-electron chi connectivity index (χ4n) is 2.55. The molecule has 2 aromatic rings. The molecule has 1 unspecified atom stereocenters. The second-order valence-electron chi connectivity index (χ2n) is 5.85. The predicted octanol–water partition coefficient (Wildman–Crippen LogP) is 5.49. The van der Waals surface area contributed by atoms with E-state index in [0.29, 0.717) is 0 Å². The van der Waals surface area contributed by atoms with Gasteiger partial charge in [-0.05, 0) is 35.4 Å². The summed E-state index contributed by atoms with van der Waals surface area (Å²) in [6.45, 7) is 5.17. The molecule has 0 spiro atoms. The molecule has 1 atom stereocenters. The molecule has 0 N–H and O–H groups in total. The number of hydrogen-bond acceptors (Lipinski definition) is 1. The average molecular weight is 352 g/mol. The topological polar surface area (TPSA) is 9.23 Å². The smallest absolute Gasteiger partial charge is 0.123 e. The lowest BCUT2D eigenvalue weighted by Gasteiger charge is -2.17. The maximum absolute atomic E-state index is 6.07. The molecule has 104 valence electrons. The molecule has 0 saturated heterocycles. The first-order valence-corrected chi connectivity index (χ1v) is 7.93. The maximum Gasteiger partial charge on any atom is 0.123 e. The molecule has 3 rings (SSSR count). The van der Waals surface area contributed by atoms with Gasteiger partial charge >= 0.3 is 0 Å². The van der Waals surface area contributed by atoms with Gasteiger partial charge < -0.3 is 4.74 Å². The van der Waals surface area contributed by atoms with Crippen LogP contribution in [-0.4, -0.2) is 6.61 Å². The van der Waals surface area contributed by atoms with Crippen molar-refractivity contribution in [3.63, 3.8) is 0 Å². The van der Waals surface area contributed by atoms with Crippen LogP contribution in [0.3, 0.4) is 0 Å². The van der Waals surface area contributed by atoms with Gasteiger partial charge in [0.25, 0.3) is 0 Å². The van der Waals surface area contributed by atoms with Crippen LogP contribution in [0.15, 0.2) is 42.5 Å². The molecule has 3 heteroatoms. The molecule has 1 aliphatic heterocycles.